The van der Waals surface area contributed by atoms with Crippen molar-refractivity contribution in [1.29, 1.82) is 0 Å². The summed E-state index contributed by atoms with van der Waals surface area (Å²) in [5, 5.41) is 5.74. The molecular weight excluding hydrogens is 685 g/mol. The lowest BCUT2D eigenvalue weighted by atomic mass is 9.94. The van der Waals surface area contributed by atoms with Gasteiger partial charge < -0.3 is 9.47 Å². The zero-order valence-corrected chi connectivity index (χ0v) is 30.4. The highest BCUT2D eigenvalue weighted by molar-refractivity contribution is 7.25. The van der Waals surface area contributed by atoms with Crippen molar-refractivity contribution in [3.05, 3.63) is 206 Å². The number of hydrogen-bond donors (Lipinski definition) is 0. The second-order valence-electron chi connectivity index (χ2n) is 13.8. The minimum Gasteiger partial charge on any atom is -0.310 e. The van der Waals surface area contributed by atoms with Gasteiger partial charge >= 0.3 is 0 Å². The fourth-order valence-corrected chi connectivity index (χ4v) is 9.35. The third kappa shape index (κ3) is 5.24. The van der Waals surface area contributed by atoms with E-state index in [4.69, 9.17) is 2.74 Å². The van der Waals surface area contributed by atoms with E-state index in [0.717, 1.165) is 66.7 Å². The predicted molar refractivity (Wildman–Crippen MR) is 237 cm³/mol. The summed E-state index contributed by atoms with van der Waals surface area (Å²) in [5.41, 5.74) is 9.29. The monoisotopic (exact) mass is 722 g/mol. The summed E-state index contributed by atoms with van der Waals surface area (Å²) in [6.07, 6.45) is 0. The molecule has 2 heterocycles. The number of para-hydroxylation sites is 1. The van der Waals surface area contributed by atoms with Crippen molar-refractivity contribution in [1.82, 2.24) is 4.57 Å². The zero-order chi connectivity index (χ0) is 39.8. The van der Waals surface area contributed by atoms with Crippen LogP contribution in [0.15, 0.2) is 206 Å². The lowest BCUT2D eigenvalue weighted by Gasteiger charge is -2.26. The molecule has 2 nitrogen and oxygen atoms in total. The lowest BCUT2D eigenvalue weighted by molar-refractivity contribution is 1.17. The Bertz CT molecular complexity index is 3430. The van der Waals surface area contributed by atoms with Gasteiger partial charge in [0.15, 0.2) is 0 Å². The maximum absolute atomic E-state index is 9.37. The van der Waals surface area contributed by atoms with Gasteiger partial charge in [-0.3, -0.25) is 0 Å². The van der Waals surface area contributed by atoms with Crippen molar-refractivity contribution in [2.45, 2.75) is 0 Å². The highest BCUT2D eigenvalue weighted by Crippen LogP contribution is 2.44. The molecule has 0 fully saturated rings. The molecule has 9 aromatic carbocycles. The van der Waals surface area contributed by atoms with Crippen molar-refractivity contribution < 1.29 is 5.48 Å². The average Bonchev–Trinajstić information content (AvgIpc) is 3.85. The molecule has 0 amide bonds. The molecule has 3 heteroatoms. The largest absolute Gasteiger partial charge is 0.310 e. The molecule has 0 aliphatic heterocycles. The maximum atomic E-state index is 9.37. The average molecular weight is 723 g/mol. The molecule has 258 valence electrons. The van der Waals surface area contributed by atoms with Crippen LogP contribution in [-0.2, 0) is 0 Å². The summed E-state index contributed by atoms with van der Waals surface area (Å²) < 4.78 is 40.9. The van der Waals surface area contributed by atoms with E-state index >= 15 is 0 Å². The highest BCUT2D eigenvalue weighted by Gasteiger charge is 2.20. The first-order valence-electron chi connectivity index (χ1n) is 20.4. The van der Waals surface area contributed by atoms with E-state index in [2.05, 4.69) is 144 Å². The SMILES string of the molecule is [2H]c1c([2H])c([2H])c2c(c1[2H])c1c3c(-c4ccccc4)cccc3ccc1n2-c1cccc(N(c2ccc(-c3ccccc3)cc2)c2ccc3c(c2)sc2ccccc23)c1. The Labute approximate surface area is 329 Å². The number of benzene rings is 9. The predicted octanol–water partition coefficient (Wildman–Crippen LogP) is 15.1. The summed E-state index contributed by atoms with van der Waals surface area (Å²) in [4.78, 5) is 2.27. The fraction of sp³-hybridized carbons (Fsp3) is 0. The van der Waals surface area contributed by atoms with Crippen LogP contribution in [0.4, 0.5) is 17.1 Å². The number of hydrogen-bond acceptors (Lipinski definition) is 2. The van der Waals surface area contributed by atoms with E-state index in [1.807, 2.05) is 47.0 Å². The van der Waals surface area contributed by atoms with Crippen LogP contribution >= 0.6 is 11.3 Å². The fourth-order valence-electron chi connectivity index (χ4n) is 8.21. The Morgan fingerprint density at radius 1 is 0.436 bits per heavy atom. The smallest absolute Gasteiger partial charge is 0.0645 e. The minimum atomic E-state index is -0.257. The van der Waals surface area contributed by atoms with Gasteiger partial charge in [-0.2, -0.15) is 0 Å². The molecule has 0 aliphatic carbocycles. The molecule has 0 atom stereocenters. The minimum absolute atomic E-state index is 0.0481. The highest BCUT2D eigenvalue weighted by atomic mass is 32.1. The van der Waals surface area contributed by atoms with E-state index in [1.54, 1.807) is 11.3 Å². The molecule has 0 radical (unpaired) electrons. The topological polar surface area (TPSA) is 8.17 Å². The lowest BCUT2D eigenvalue weighted by Crippen LogP contribution is -2.10. The Balaban J connectivity index is 1.17. The van der Waals surface area contributed by atoms with Gasteiger partial charge in [0.1, 0.15) is 0 Å². The van der Waals surface area contributed by atoms with Crippen molar-refractivity contribution in [2.75, 3.05) is 4.90 Å². The van der Waals surface area contributed by atoms with Crippen LogP contribution in [0.1, 0.15) is 5.48 Å². The van der Waals surface area contributed by atoms with E-state index in [0.29, 0.717) is 10.9 Å². The van der Waals surface area contributed by atoms with Gasteiger partial charge in [-0.15, -0.1) is 11.3 Å². The van der Waals surface area contributed by atoms with E-state index in [-0.39, 0.29) is 24.2 Å². The Hall–Kier alpha value is -6.94. The Morgan fingerprint density at radius 2 is 1.13 bits per heavy atom. The normalized spacial score (nSPS) is 12.7. The molecule has 0 bridgehead atoms. The van der Waals surface area contributed by atoms with Crippen LogP contribution < -0.4 is 4.90 Å². The standard InChI is InChI=1S/C52H34N2S/c1-3-13-35(14-4-1)36-25-28-39(29-26-36)53(42-30-31-45-44-20-8-10-24-49(44)55-50(45)34-42)40-18-12-19-41(33-40)54-47-23-9-7-21-46(47)52-48(54)32-27-38-17-11-22-43(51(38)52)37-15-5-2-6-16-37/h1-34H/i7D,9D,21D,23D. The summed E-state index contributed by atoms with van der Waals surface area (Å²) >= 11 is 1.79. The molecule has 55 heavy (non-hydrogen) atoms. The number of aromatic nitrogens is 1. The van der Waals surface area contributed by atoms with Crippen LogP contribution in [0.25, 0.3) is 80.7 Å². The van der Waals surface area contributed by atoms with Crippen LogP contribution in [0, 0.1) is 0 Å². The van der Waals surface area contributed by atoms with E-state index in [1.165, 1.54) is 20.2 Å². The molecule has 0 saturated heterocycles. The summed E-state index contributed by atoms with van der Waals surface area (Å²) in [6.45, 7) is 0. The molecule has 0 spiro atoms. The van der Waals surface area contributed by atoms with Gasteiger partial charge in [0.05, 0.1) is 16.5 Å². The van der Waals surface area contributed by atoms with Crippen molar-refractivity contribution in [3.8, 4) is 27.9 Å². The molecule has 0 saturated carbocycles. The first-order valence-corrected chi connectivity index (χ1v) is 19.3. The summed E-state index contributed by atoms with van der Waals surface area (Å²) in [7, 11) is 0. The number of anilines is 3. The van der Waals surface area contributed by atoms with Crippen LogP contribution in [-0.4, -0.2) is 4.57 Å². The number of fused-ring (bicyclic) bond motifs is 8. The van der Waals surface area contributed by atoms with Gasteiger partial charge in [0, 0.05) is 53.7 Å². The number of nitrogens with zero attached hydrogens (tertiary/aromatic N) is 2. The Morgan fingerprint density at radius 3 is 1.98 bits per heavy atom. The number of rotatable bonds is 6. The maximum Gasteiger partial charge on any atom is 0.0645 e. The Kier molecular flexibility index (Phi) is 6.47. The molecule has 11 rings (SSSR count). The molecule has 0 N–H and O–H groups in total. The first-order chi connectivity index (χ1) is 28.9. The quantitative estimate of drug-likeness (QED) is 0.166. The van der Waals surface area contributed by atoms with Gasteiger partial charge in [0.25, 0.3) is 0 Å². The number of thiophene rings is 1. The van der Waals surface area contributed by atoms with Crippen molar-refractivity contribution in [3.63, 3.8) is 0 Å². The zero-order valence-electron chi connectivity index (χ0n) is 33.6. The molecule has 11 aromatic rings. The van der Waals surface area contributed by atoms with Crippen molar-refractivity contribution >= 4 is 81.1 Å². The second kappa shape index (κ2) is 12.9. The third-order valence-corrected chi connectivity index (χ3v) is 11.8. The van der Waals surface area contributed by atoms with Crippen LogP contribution in [0.5, 0.6) is 0 Å². The third-order valence-electron chi connectivity index (χ3n) is 10.7. The van der Waals surface area contributed by atoms with Gasteiger partial charge in [-0.1, -0.05) is 146 Å². The summed E-state index contributed by atoms with van der Waals surface area (Å²) in [6, 6.07) is 62.5. The van der Waals surface area contributed by atoms with Crippen LogP contribution in [0.2, 0.25) is 0 Å². The molecular formula is C52H34N2S. The summed E-state index contributed by atoms with van der Waals surface area (Å²) in [5.74, 6) is 0. The molecule has 2 aromatic heterocycles. The first kappa shape index (κ1) is 27.6. The van der Waals surface area contributed by atoms with Crippen LogP contribution in [0.3, 0.4) is 0 Å². The van der Waals surface area contributed by atoms with Gasteiger partial charge in [-0.25, -0.2) is 0 Å². The van der Waals surface area contributed by atoms with Gasteiger partial charge in [-0.05, 0) is 93.7 Å². The van der Waals surface area contributed by atoms with E-state index < -0.39 is 0 Å². The second-order valence-corrected chi connectivity index (χ2v) is 14.9. The molecule has 0 aliphatic rings. The van der Waals surface area contributed by atoms with Crippen molar-refractivity contribution in [2.24, 2.45) is 0 Å². The molecule has 0 unspecified atom stereocenters. The van der Waals surface area contributed by atoms with E-state index in [9.17, 15) is 2.74 Å². The van der Waals surface area contributed by atoms with Gasteiger partial charge in [0.2, 0.25) is 0 Å².